The van der Waals surface area contributed by atoms with Crippen LogP contribution in [0.4, 0.5) is 16.2 Å². The molecule has 3 aromatic rings. The number of urea groups is 1. The number of amides is 4. The first kappa shape index (κ1) is 26.5. The minimum Gasteiger partial charge on any atom is -0.497 e. The minimum atomic E-state index is -1.07. The lowest BCUT2D eigenvalue weighted by molar-refractivity contribution is -0.124. The molecule has 11 nitrogen and oxygen atoms in total. The molecule has 0 bridgehead atoms. The van der Waals surface area contributed by atoms with Crippen LogP contribution in [0.25, 0.3) is 0 Å². The van der Waals surface area contributed by atoms with Gasteiger partial charge in [-0.3, -0.25) is 9.59 Å². The van der Waals surface area contributed by atoms with Gasteiger partial charge in [-0.1, -0.05) is 12.1 Å². The highest BCUT2D eigenvalue weighted by atomic mass is 16.7. The molecule has 2 heterocycles. The molecule has 0 spiro atoms. The van der Waals surface area contributed by atoms with Crippen molar-refractivity contribution >= 4 is 35.2 Å². The first-order valence-electron chi connectivity index (χ1n) is 12.6. The van der Waals surface area contributed by atoms with Crippen molar-refractivity contribution in [3.05, 3.63) is 77.9 Å². The van der Waals surface area contributed by atoms with E-state index < -0.39 is 29.9 Å². The Morgan fingerprint density at radius 2 is 1.77 bits per heavy atom. The number of anilines is 2. The van der Waals surface area contributed by atoms with Crippen LogP contribution in [0.3, 0.4) is 0 Å². The van der Waals surface area contributed by atoms with Gasteiger partial charge in [-0.25, -0.2) is 14.5 Å². The first-order valence-corrected chi connectivity index (χ1v) is 12.6. The minimum absolute atomic E-state index is 0.0634. The number of carbonyl (C=O) groups excluding carboxylic acids is 4. The molecule has 1 saturated heterocycles. The summed E-state index contributed by atoms with van der Waals surface area (Å²) in [7, 11) is 1.49. The largest absolute Gasteiger partial charge is 0.497 e. The van der Waals surface area contributed by atoms with Crippen molar-refractivity contribution < 1.29 is 38.1 Å². The van der Waals surface area contributed by atoms with Gasteiger partial charge in [0.15, 0.2) is 11.5 Å². The number of hydrogen-bond donors (Lipinski definition) is 1. The van der Waals surface area contributed by atoms with Crippen molar-refractivity contribution in [3.63, 3.8) is 0 Å². The Labute approximate surface area is 230 Å². The van der Waals surface area contributed by atoms with Gasteiger partial charge in [0.05, 0.1) is 31.4 Å². The van der Waals surface area contributed by atoms with E-state index in [1.165, 1.54) is 24.1 Å². The summed E-state index contributed by atoms with van der Waals surface area (Å²) in [5.74, 6) is 0.140. The van der Waals surface area contributed by atoms with E-state index in [2.05, 4.69) is 5.32 Å². The van der Waals surface area contributed by atoms with Gasteiger partial charge in [-0.15, -0.1) is 0 Å². The van der Waals surface area contributed by atoms with Crippen molar-refractivity contribution in [2.24, 2.45) is 0 Å². The predicted octanol–water partition coefficient (Wildman–Crippen LogP) is 3.97. The molecule has 40 heavy (non-hydrogen) atoms. The number of hydrogen-bond acceptors (Lipinski definition) is 8. The second kappa shape index (κ2) is 11.4. The number of nitrogens with one attached hydrogen (secondary N) is 1. The summed E-state index contributed by atoms with van der Waals surface area (Å²) in [5, 5.41) is 2.74. The Bertz CT molecular complexity index is 1460. The molecule has 206 valence electrons. The predicted molar refractivity (Wildman–Crippen MR) is 143 cm³/mol. The van der Waals surface area contributed by atoms with Crippen molar-refractivity contribution in [2.75, 3.05) is 30.7 Å². The zero-order valence-corrected chi connectivity index (χ0v) is 21.9. The van der Waals surface area contributed by atoms with Crippen molar-refractivity contribution in [3.8, 4) is 17.2 Å². The molecule has 4 amide bonds. The van der Waals surface area contributed by atoms with Crippen LogP contribution < -0.4 is 24.4 Å². The molecule has 1 fully saturated rings. The lowest BCUT2D eigenvalue weighted by Crippen LogP contribution is -2.37. The van der Waals surface area contributed by atoms with Gasteiger partial charge < -0.3 is 29.2 Å². The zero-order chi connectivity index (χ0) is 28.2. The first-order chi connectivity index (χ1) is 19.4. The van der Waals surface area contributed by atoms with Crippen LogP contribution >= 0.6 is 0 Å². The highest BCUT2D eigenvalue weighted by molar-refractivity contribution is 6.22. The third-order valence-electron chi connectivity index (χ3n) is 6.48. The molecule has 0 saturated carbocycles. The van der Waals surface area contributed by atoms with Gasteiger partial charge in [-0.2, -0.15) is 0 Å². The van der Waals surface area contributed by atoms with E-state index in [0.717, 1.165) is 4.90 Å². The van der Waals surface area contributed by atoms with Gasteiger partial charge in [0.1, 0.15) is 11.8 Å². The molecular formula is C29H27N3O8. The van der Waals surface area contributed by atoms with E-state index in [1.807, 2.05) is 0 Å². The van der Waals surface area contributed by atoms with Gasteiger partial charge in [0, 0.05) is 18.3 Å². The number of ether oxygens (including phenoxy) is 4. The van der Waals surface area contributed by atoms with E-state index in [9.17, 15) is 19.2 Å². The quantitative estimate of drug-likeness (QED) is 0.317. The summed E-state index contributed by atoms with van der Waals surface area (Å²) < 4.78 is 21.1. The van der Waals surface area contributed by atoms with E-state index in [4.69, 9.17) is 18.9 Å². The number of nitrogens with zero attached hydrogens (tertiary/aromatic N) is 2. The lowest BCUT2D eigenvalue weighted by Gasteiger charge is -2.22. The number of imide groups is 1. The van der Waals surface area contributed by atoms with Crippen molar-refractivity contribution in [1.29, 1.82) is 0 Å². The average molecular weight is 546 g/mol. The molecule has 0 unspecified atom stereocenters. The topological polar surface area (TPSA) is 124 Å². The standard InChI is InChI=1S/C29H27N3O8/c1-3-38-28(35)19-8-10-20(11-9-19)30-26(33)15-23-27(34)32(21-5-4-6-22(14-21)37-2)29(36)31(23)16-18-7-12-24-25(13-18)40-17-39-24/h4-14,23H,3,15-17H2,1-2H3,(H,30,33)/t23-/m0/s1. The summed E-state index contributed by atoms with van der Waals surface area (Å²) in [6.07, 6.45) is -0.283. The number of benzene rings is 3. The molecule has 1 N–H and O–H groups in total. The summed E-state index contributed by atoms with van der Waals surface area (Å²) in [5.41, 5.74) is 1.82. The van der Waals surface area contributed by atoms with Gasteiger partial charge in [0.25, 0.3) is 5.91 Å². The maximum atomic E-state index is 13.6. The number of carbonyl (C=O) groups is 4. The van der Waals surface area contributed by atoms with Crippen molar-refractivity contribution in [2.45, 2.75) is 25.9 Å². The highest BCUT2D eigenvalue weighted by Gasteiger charge is 2.46. The van der Waals surface area contributed by atoms with Gasteiger partial charge in [-0.05, 0) is 61.0 Å². The Morgan fingerprint density at radius 1 is 1.00 bits per heavy atom. The Morgan fingerprint density at radius 3 is 2.52 bits per heavy atom. The van der Waals surface area contributed by atoms with Crippen molar-refractivity contribution in [1.82, 2.24) is 4.90 Å². The molecule has 2 aliphatic heterocycles. The normalized spacial score (nSPS) is 15.8. The average Bonchev–Trinajstić information content (AvgIpc) is 3.51. The Kier molecular flexibility index (Phi) is 7.54. The summed E-state index contributed by atoms with van der Waals surface area (Å²) in [6, 6.07) is 16.4. The molecule has 5 rings (SSSR count). The third kappa shape index (κ3) is 5.39. The zero-order valence-electron chi connectivity index (χ0n) is 21.9. The van der Waals surface area contributed by atoms with Gasteiger partial charge >= 0.3 is 12.0 Å². The van der Waals surface area contributed by atoms with Crippen LogP contribution in [0.5, 0.6) is 17.2 Å². The number of esters is 1. The highest BCUT2D eigenvalue weighted by Crippen LogP contribution is 2.35. The fourth-order valence-corrected chi connectivity index (χ4v) is 4.53. The van der Waals surface area contributed by atoms with Crippen LogP contribution in [-0.2, 0) is 20.9 Å². The van der Waals surface area contributed by atoms with Crippen LogP contribution in [-0.4, -0.2) is 55.3 Å². The van der Waals surface area contributed by atoms with Gasteiger partial charge in [0.2, 0.25) is 12.7 Å². The molecule has 2 aliphatic rings. The molecule has 3 aromatic carbocycles. The molecular weight excluding hydrogens is 518 g/mol. The fraction of sp³-hybridized carbons (Fsp3) is 0.241. The summed E-state index contributed by atoms with van der Waals surface area (Å²) >= 11 is 0. The maximum Gasteiger partial charge on any atom is 0.338 e. The number of rotatable bonds is 9. The molecule has 0 aromatic heterocycles. The van der Waals surface area contributed by atoms with E-state index >= 15 is 0 Å². The fourth-order valence-electron chi connectivity index (χ4n) is 4.53. The maximum absolute atomic E-state index is 13.6. The SMILES string of the molecule is CCOC(=O)c1ccc(NC(=O)C[C@H]2C(=O)N(c3cccc(OC)c3)C(=O)N2Cc2ccc3c(c2)OCO3)cc1. The smallest absolute Gasteiger partial charge is 0.338 e. The second-order valence-electron chi connectivity index (χ2n) is 9.04. The Hall–Kier alpha value is -5.06. The lowest BCUT2D eigenvalue weighted by atomic mass is 10.1. The van der Waals surface area contributed by atoms with E-state index in [1.54, 1.807) is 61.5 Å². The molecule has 0 radical (unpaired) electrons. The van der Waals surface area contributed by atoms with E-state index in [0.29, 0.717) is 39.8 Å². The summed E-state index contributed by atoms with van der Waals surface area (Å²) in [4.78, 5) is 54.6. The van der Waals surface area contributed by atoms with Crippen LogP contribution in [0.15, 0.2) is 66.7 Å². The summed E-state index contributed by atoms with van der Waals surface area (Å²) in [6.45, 7) is 2.13. The third-order valence-corrected chi connectivity index (χ3v) is 6.48. The Balaban J connectivity index is 1.37. The van der Waals surface area contributed by atoms with Crippen LogP contribution in [0, 0.1) is 0 Å². The second-order valence-corrected chi connectivity index (χ2v) is 9.04. The monoisotopic (exact) mass is 545 g/mol. The van der Waals surface area contributed by atoms with Crippen LogP contribution in [0.2, 0.25) is 0 Å². The molecule has 1 atom stereocenters. The van der Waals surface area contributed by atoms with E-state index in [-0.39, 0.29) is 26.4 Å². The number of fused-ring (bicyclic) bond motifs is 1. The van der Waals surface area contributed by atoms with Crippen LogP contribution in [0.1, 0.15) is 29.3 Å². The molecule has 11 heteroatoms. The number of methoxy groups -OCH3 is 1. The molecule has 0 aliphatic carbocycles.